The first-order valence-corrected chi connectivity index (χ1v) is 6.52. The first-order chi connectivity index (χ1) is 9.83. The molecule has 3 heterocycles. The van der Waals surface area contributed by atoms with Gasteiger partial charge in [0.1, 0.15) is 11.3 Å². The van der Waals surface area contributed by atoms with Crippen LogP contribution in [0.2, 0.25) is 0 Å². The number of rotatable bonds is 2. The Kier molecular flexibility index (Phi) is 2.50. The van der Waals surface area contributed by atoms with Gasteiger partial charge in [-0.05, 0) is 12.1 Å². The van der Waals surface area contributed by atoms with Crippen molar-refractivity contribution in [3.63, 3.8) is 0 Å². The summed E-state index contributed by atoms with van der Waals surface area (Å²) in [5.74, 6) is 1.48. The van der Waals surface area contributed by atoms with Crippen molar-refractivity contribution in [2.45, 2.75) is 19.0 Å². The van der Waals surface area contributed by atoms with Gasteiger partial charge in [0.15, 0.2) is 5.58 Å². The predicted molar refractivity (Wildman–Crippen MR) is 72.4 cm³/mol. The van der Waals surface area contributed by atoms with Gasteiger partial charge in [0.25, 0.3) is 0 Å². The van der Waals surface area contributed by atoms with Crippen molar-refractivity contribution in [2.75, 3.05) is 7.11 Å². The number of methoxy groups -OCH3 is 1. The fourth-order valence-electron chi connectivity index (χ4n) is 2.54. The monoisotopic (exact) mass is 270 g/mol. The van der Waals surface area contributed by atoms with E-state index in [-0.39, 0.29) is 6.04 Å². The molecule has 6 nitrogen and oxygen atoms in total. The van der Waals surface area contributed by atoms with Crippen LogP contribution < -0.4 is 10.1 Å². The molecule has 0 bridgehead atoms. The van der Waals surface area contributed by atoms with Gasteiger partial charge in [-0.25, -0.2) is 9.97 Å². The Balaban J connectivity index is 1.69. The zero-order valence-corrected chi connectivity index (χ0v) is 11.0. The minimum absolute atomic E-state index is 0.0594. The summed E-state index contributed by atoms with van der Waals surface area (Å²) in [6.45, 7) is 0.752. The summed E-state index contributed by atoms with van der Waals surface area (Å²) in [4.78, 5) is 12.0. The largest absolute Gasteiger partial charge is 0.497 e. The van der Waals surface area contributed by atoms with Gasteiger partial charge in [0.2, 0.25) is 5.89 Å². The molecule has 0 fully saturated rings. The molecule has 0 radical (unpaired) electrons. The van der Waals surface area contributed by atoms with E-state index < -0.39 is 0 Å². The van der Waals surface area contributed by atoms with E-state index in [1.165, 1.54) is 0 Å². The van der Waals surface area contributed by atoms with Crippen molar-refractivity contribution in [1.29, 1.82) is 0 Å². The van der Waals surface area contributed by atoms with Crippen LogP contribution in [0.25, 0.3) is 11.1 Å². The second-order valence-corrected chi connectivity index (χ2v) is 4.85. The fourth-order valence-corrected chi connectivity index (χ4v) is 2.54. The average molecular weight is 270 g/mol. The first kappa shape index (κ1) is 11.5. The van der Waals surface area contributed by atoms with Crippen molar-refractivity contribution in [3.05, 3.63) is 41.8 Å². The van der Waals surface area contributed by atoms with Crippen LogP contribution in [0, 0.1) is 0 Å². The number of benzene rings is 1. The Labute approximate surface area is 115 Å². The Morgan fingerprint density at radius 1 is 1.40 bits per heavy atom. The van der Waals surface area contributed by atoms with E-state index in [0.717, 1.165) is 41.2 Å². The van der Waals surface area contributed by atoms with Gasteiger partial charge in [-0.1, -0.05) is 0 Å². The lowest BCUT2D eigenvalue weighted by molar-refractivity contribution is 0.390. The van der Waals surface area contributed by atoms with Crippen LogP contribution in [0.1, 0.15) is 23.3 Å². The van der Waals surface area contributed by atoms with E-state index in [1.807, 2.05) is 18.2 Å². The Morgan fingerprint density at radius 3 is 3.25 bits per heavy atom. The number of oxazole rings is 1. The number of aromatic amines is 1. The van der Waals surface area contributed by atoms with Crippen molar-refractivity contribution in [3.8, 4) is 5.75 Å². The van der Waals surface area contributed by atoms with Gasteiger partial charge in [-0.2, -0.15) is 0 Å². The second-order valence-electron chi connectivity index (χ2n) is 4.85. The molecular weight excluding hydrogens is 256 g/mol. The maximum absolute atomic E-state index is 5.83. The van der Waals surface area contributed by atoms with Crippen LogP contribution in [-0.4, -0.2) is 22.1 Å². The van der Waals surface area contributed by atoms with Crippen LogP contribution >= 0.6 is 0 Å². The third-order valence-electron chi connectivity index (χ3n) is 3.64. The summed E-state index contributed by atoms with van der Waals surface area (Å²) in [5.41, 5.74) is 3.80. The van der Waals surface area contributed by atoms with Crippen molar-refractivity contribution in [1.82, 2.24) is 20.3 Å². The van der Waals surface area contributed by atoms with Gasteiger partial charge in [0, 0.05) is 19.0 Å². The molecule has 2 aromatic heterocycles. The molecule has 20 heavy (non-hydrogen) atoms. The number of fused-ring (bicyclic) bond motifs is 2. The minimum atomic E-state index is 0.0594. The quantitative estimate of drug-likeness (QED) is 0.744. The number of nitrogens with zero attached hydrogens (tertiary/aromatic N) is 2. The zero-order valence-electron chi connectivity index (χ0n) is 11.0. The number of aromatic nitrogens is 3. The SMILES string of the molecule is COc1ccc2oc(C3Cc4nc[nH]c4CN3)nc2c1. The zero-order chi connectivity index (χ0) is 13.5. The number of H-pyrrole nitrogens is 1. The van der Waals surface area contributed by atoms with Crippen LogP contribution in [-0.2, 0) is 13.0 Å². The van der Waals surface area contributed by atoms with E-state index in [4.69, 9.17) is 9.15 Å². The van der Waals surface area contributed by atoms with Gasteiger partial charge in [0.05, 0.1) is 30.9 Å². The number of hydrogen-bond acceptors (Lipinski definition) is 5. The van der Waals surface area contributed by atoms with Crippen LogP contribution in [0.3, 0.4) is 0 Å². The number of nitrogens with one attached hydrogen (secondary N) is 2. The first-order valence-electron chi connectivity index (χ1n) is 6.52. The van der Waals surface area contributed by atoms with Gasteiger partial charge >= 0.3 is 0 Å². The minimum Gasteiger partial charge on any atom is -0.497 e. The lowest BCUT2D eigenvalue weighted by atomic mass is 10.1. The van der Waals surface area contributed by atoms with E-state index in [2.05, 4.69) is 20.3 Å². The molecule has 0 saturated carbocycles. The predicted octanol–water partition coefficient (Wildman–Crippen LogP) is 1.95. The van der Waals surface area contributed by atoms with Crippen LogP contribution in [0.15, 0.2) is 28.9 Å². The molecule has 0 saturated heterocycles. The molecule has 0 amide bonds. The fraction of sp³-hybridized carbons (Fsp3) is 0.286. The molecule has 1 aromatic carbocycles. The second kappa shape index (κ2) is 4.35. The molecule has 3 aromatic rings. The molecule has 6 heteroatoms. The summed E-state index contributed by atoms with van der Waals surface area (Å²) in [5, 5.41) is 3.41. The van der Waals surface area contributed by atoms with E-state index in [1.54, 1.807) is 13.4 Å². The molecular formula is C14H14N4O2. The maximum Gasteiger partial charge on any atom is 0.213 e. The van der Waals surface area contributed by atoms with Crippen LogP contribution in [0.4, 0.5) is 0 Å². The highest BCUT2D eigenvalue weighted by Crippen LogP contribution is 2.28. The van der Waals surface area contributed by atoms with E-state index in [9.17, 15) is 0 Å². The summed E-state index contributed by atoms with van der Waals surface area (Å²) < 4.78 is 11.0. The standard InChI is InChI=1S/C14H14N4O2/c1-19-8-2-3-13-10(4-8)18-14(20-13)11-5-9-12(6-15-11)17-7-16-9/h2-4,7,11,15H,5-6H2,1H3,(H,16,17). The van der Waals surface area contributed by atoms with E-state index >= 15 is 0 Å². The summed E-state index contributed by atoms with van der Waals surface area (Å²) >= 11 is 0. The van der Waals surface area contributed by atoms with Crippen molar-refractivity contribution >= 4 is 11.1 Å². The molecule has 0 spiro atoms. The van der Waals surface area contributed by atoms with Crippen LogP contribution in [0.5, 0.6) is 5.75 Å². The van der Waals surface area contributed by atoms with Crippen molar-refractivity contribution < 1.29 is 9.15 Å². The number of imidazole rings is 1. The molecule has 1 aliphatic heterocycles. The maximum atomic E-state index is 5.83. The highest BCUT2D eigenvalue weighted by molar-refractivity contribution is 5.74. The average Bonchev–Trinajstić information content (AvgIpc) is 3.11. The summed E-state index contributed by atoms with van der Waals surface area (Å²) in [6.07, 6.45) is 2.51. The lowest BCUT2D eigenvalue weighted by Gasteiger charge is -2.19. The highest BCUT2D eigenvalue weighted by atomic mass is 16.5. The third kappa shape index (κ3) is 1.77. The Hall–Kier alpha value is -2.34. The number of hydrogen-bond donors (Lipinski definition) is 2. The molecule has 1 unspecified atom stereocenters. The molecule has 102 valence electrons. The molecule has 4 rings (SSSR count). The van der Waals surface area contributed by atoms with Gasteiger partial charge < -0.3 is 14.1 Å². The molecule has 1 aliphatic rings. The van der Waals surface area contributed by atoms with Crippen molar-refractivity contribution in [2.24, 2.45) is 0 Å². The topological polar surface area (TPSA) is 76.0 Å². The normalized spacial score (nSPS) is 18.1. The Bertz CT molecular complexity index is 761. The van der Waals surface area contributed by atoms with E-state index in [0.29, 0.717) is 5.89 Å². The summed E-state index contributed by atoms with van der Waals surface area (Å²) in [6, 6.07) is 5.69. The lowest BCUT2D eigenvalue weighted by Crippen LogP contribution is -2.28. The third-order valence-corrected chi connectivity index (χ3v) is 3.64. The molecule has 0 aliphatic carbocycles. The summed E-state index contributed by atoms with van der Waals surface area (Å²) in [7, 11) is 1.64. The molecule has 2 N–H and O–H groups in total. The highest BCUT2D eigenvalue weighted by Gasteiger charge is 2.25. The Morgan fingerprint density at radius 2 is 2.35 bits per heavy atom. The molecule has 1 atom stereocenters. The number of ether oxygens (including phenoxy) is 1. The van der Waals surface area contributed by atoms with Gasteiger partial charge in [-0.3, -0.25) is 5.32 Å². The smallest absolute Gasteiger partial charge is 0.213 e. The van der Waals surface area contributed by atoms with Gasteiger partial charge in [-0.15, -0.1) is 0 Å².